The molecule has 0 aliphatic heterocycles. The normalized spacial score (nSPS) is 10.6. The molecule has 27 heavy (non-hydrogen) atoms. The summed E-state index contributed by atoms with van der Waals surface area (Å²) in [5, 5.41) is 5.64. The molecule has 0 atom stereocenters. The van der Waals surface area contributed by atoms with Gasteiger partial charge in [0.2, 0.25) is 5.91 Å². The van der Waals surface area contributed by atoms with Gasteiger partial charge in [-0.2, -0.15) is 0 Å². The molecule has 3 rings (SSSR count). The first-order chi connectivity index (χ1) is 13.1. The minimum absolute atomic E-state index is 0.165. The minimum Gasteiger partial charge on any atom is -0.323 e. The second-order valence-corrected chi connectivity index (χ2v) is 6.13. The van der Waals surface area contributed by atoms with Crippen molar-refractivity contribution in [3.05, 3.63) is 102 Å². The van der Waals surface area contributed by atoms with Crippen LogP contribution in [0.5, 0.6) is 0 Å². The lowest BCUT2D eigenvalue weighted by atomic mass is 10.1. The molecule has 0 aliphatic rings. The van der Waals surface area contributed by atoms with Crippen molar-refractivity contribution in [2.75, 3.05) is 10.6 Å². The van der Waals surface area contributed by atoms with E-state index in [1.54, 1.807) is 36.4 Å². The average Bonchev–Trinajstić information content (AvgIpc) is 2.69. The predicted octanol–water partition coefficient (Wildman–Crippen LogP) is 4.90. The van der Waals surface area contributed by atoms with Crippen LogP contribution in [-0.4, -0.2) is 11.8 Å². The molecule has 4 heteroatoms. The van der Waals surface area contributed by atoms with Crippen LogP contribution in [0.4, 0.5) is 11.4 Å². The lowest BCUT2D eigenvalue weighted by molar-refractivity contribution is -0.111. The first-order valence-electron chi connectivity index (χ1n) is 8.62. The van der Waals surface area contributed by atoms with Gasteiger partial charge < -0.3 is 10.6 Å². The zero-order valence-corrected chi connectivity index (χ0v) is 15.0. The maximum absolute atomic E-state index is 12.3. The number of hydrogen-bond acceptors (Lipinski definition) is 2. The standard InChI is InChI=1S/C23H20N2O2/c1-17-6-5-9-19(16-17)23(27)25-21-13-11-20(12-14-21)24-22(26)15-10-18-7-3-2-4-8-18/h2-16H,1H3,(H,24,26)(H,25,27)/b15-10+. The summed E-state index contributed by atoms with van der Waals surface area (Å²) in [5.74, 6) is -0.378. The van der Waals surface area contributed by atoms with E-state index in [0.717, 1.165) is 11.1 Å². The number of benzene rings is 3. The van der Waals surface area contributed by atoms with E-state index in [1.807, 2.05) is 55.5 Å². The highest BCUT2D eigenvalue weighted by Crippen LogP contribution is 2.15. The first-order valence-corrected chi connectivity index (χ1v) is 8.62. The second kappa shape index (κ2) is 8.63. The molecular weight excluding hydrogens is 336 g/mol. The van der Waals surface area contributed by atoms with Gasteiger partial charge in [-0.05, 0) is 55.0 Å². The van der Waals surface area contributed by atoms with Gasteiger partial charge in [0.05, 0.1) is 0 Å². The van der Waals surface area contributed by atoms with E-state index < -0.39 is 0 Å². The number of aryl methyl sites for hydroxylation is 1. The van der Waals surface area contributed by atoms with Gasteiger partial charge in [0.25, 0.3) is 5.91 Å². The van der Waals surface area contributed by atoms with E-state index in [2.05, 4.69) is 10.6 Å². The fraction of sp³-hybridized carbons (Fsp3) is 0.0435. The Labute approximate surface area is 158 Å². The number of amides is 2. The molecule has 0 unspecified atom stereocenters. The highest BCUT2D eigenvalue weighted by atomic mass is 16.2. The van der Waals surface area contributed by atoms with E-state index in [1.165, 1.54) is 6.08 Å². The summed E-state index contributed by atoms with van der Waals surface area (Å²) >= 11 is 0. The Bertz CT molecular complexity index is 961. The molecule has 4 nitrogen and oxygen atoms in total. The Morgan fingerprint density at radius 1 is 0.778 bits per heavy atom. The third-order valence-corrected chi connectivity index (χ3v) is 3.92. The number of carbonyl (C=O) groups excluding carboxylic acids is 2. The Morgan fingerprint density at radius 3 is 2.11 bits per heavy atom. The van der Waals surface area contributed by atoms with Crippen molar-refractivity contribution in [2.45, 2.75) is 6.92 Å². The van der Waals surface area contributed by atoms with Crippen molar-refractivity contribution in [2.24, 2.45) is 0 Å². The van der Waals surface area contributed by atoms with E-state index in [9.17, 15) is 9.59 Å². The van der Waals surface area contributed by atoms with Crippen molar-refractivity contribution in [1.29, 1.82) is 0 Å². The molecule has 3 aromatic carbocycles. The average molecular weight is 356 g/mol. The maximum Gasteiger partial charge on any atom is 0.255 e. The van der Waals surface area contributed by atoms with Crippen LogP contribution in [0.2, 0.25) is 0 Å². The molecule has 0 saturated carbocycles. The van der Waals surface area contributed by atoms with E-state index in [4.69, 9.17) is 0 Å². The molecule has 2 amide bonds. The van der Waals surface area contributed by atoms with Gasteiger partial charge in [-0.25, -0.2) is 0 Å². The molecule has 0 aromatic heterocycles. The van der Waals surface area contributed by atoms with Crippen molar-refractivity contribution in [1.82, 2.24) is 0 Å². The molecule has 0 bridgehead atoms. The van der Waals surface area contributed by atoms with Crippen LogP contribution in [0.15, 0.2) is 84.9 Å². The molecule has 0 saturated heterocycles. The summed E-state index contributed by atoms with van der Waals surface area (Å²) in [6.07, 6.45) is 3.24. The lowest BCUT2D eigenvalue weighted by Gasteiger charge is -2.07. The summed E-state index contributed by atoms with van der Waals surface area (Å²) < 4.78 is 0. The largest absolute Gasteiger partial charge is 0.323 e. The molecule has 0 fully saturated rings. The van der Waals surface area contributed by atoms with Crippen LogP contribution >= 0.6 is 0 Å². The number of hydrogen-bond donors (Lipinski definition) is 2. The molecule has 0 heterocycles. The molecule has 0 aliphatic carbocycles. The lowest BCUT2D eigenvalue weighted by Crippen LogP contribution is -2.12. The van der Waals surface area contributed by atoms with Crippen molar-refractivity contribution in [3.63, 3.8) is 0 Å². The quantitative estimate of drug-likeness (QED) is 0.639. The van der Waals surface area contributed by atoms with Gasteiger partial charge in [-0.15, -0.1) is 0 Å². The fourth-order valence-corrected chi connectivity index (χ4v) is 2.55. The van der Waals surface area contributed by atoms with Crippen LogP contribution in [-0.2, 0) is 4.79 Å². The van der Waals surface area contributed by atoms with E-state index in [-0.39, 0.29) is 11.8 Å². The summed E-state index contributed by atoms with van der Waals surface area (Å²) in [5.41, 5.74) is 3.93. The molecule has 0 spiro atoms. The van der Waals surface area contributed by atoms with Crippen LogP contribution in [0.1, 0.15) is 21.5 Å². The number of rotatable bonds is 5. The van der Waals surface area contributed by atoms with Crippen LogP contribution in [0.25, 0.3) is 6.08 Å². The van der Waals surface area contributed by atoms with Crippen LogP contribution < -0.4 is 10.6 Å². The van der Waals surface area contributed by atoms with Crippen LogP contribution in [0.3, 0.4) is 0 Å². The molecule has 2 N–H and O–H groups in total. The Morgan fingerprint density at radius 2 is 1.44 bits per heavy atom. The van der Waals surface area contributed by atoms with E-state index in [0.29, 0.717) is 16.9 Å². The molecule has 3 aromatic rings. The third-order valence-electron chi connectivity index (χ3n) is 3.92. The topological polar surface area (TPSA) is 58.2 Å². The van der Waals surface area contributed by atoms with Crippen molar-refractivity contribution < 1.29 is 9.59 Å². The number of anilines is 2. The number of nitrogens with one attached hydrogen (secondary N) is 2. The van der Waals surface area contributed by atoms with Crippen molar-refractivity contribution >= 4 is 29.3 Å². The van der Waals surface area contributed by atoms with Crippen LogP contribution in [0, 0.1) is 6.92 Å². The van der Waals surface area contributed by atoms with Gasteiger partial charge in [-0.3, -0.25) is 9.59 Å². The zero-order chi connectivity index (χ0) is 19.1. The molecular formula is C23H20N2O2. The van der Waals surface area contributed by atoms with Gasteiger partial charge in [-0.1, -0.05) is 48.0 Å². The SMILES string of the molecule is Cc1cccc(C(=O)Nc2ccc(NC(=O)/C=C/c3ccccc3)cc2)c1. The summed E-state index contributed by atoms with van der Waals surface area (Å²) in [4.78, 5) is 24.3. The first kappa shape index (κ1) is 18.1. The van der Waals surface area contributed by atoms with Gasteiger partial charge in [0.1, 0.15) is 0 Å². The highest BCUT2D eigenvalue weighted by molar-refractivity contribution is 6.05. The van der Waals surface area contributed by atoms with E-state index >= 15 is 0 Å². The maximum atomic E-state index is 12.3. The smallest absolute Gasteiger partial charge is 0.255 e. The predicted molar refractivity (Wildman–Crippen MR) is 110 cm³/mol. The van der Waals surface area contributed by atoms with Gasteiger partial charge in [0, 0.05) is 23.0 Å². The zero-order valence-electron chi connectivity index (χ0n) is 15.0. The van der Waals surface area contributed by atoms with Gasteiger partial charge in [0.15, 0.2) is 0 Å². The summed E-state index contributed by atoms with van der Waals surface area (Å²) in [7, 11) is 0. The van der Waals surface area contributed by atoms with Crippen molar-refractivity contribution in [3.8, 4) is 0 Å². The molecule has 0 radical (unpaired) electrons. The fourth-order valence-electron chi connectivity index (χ4n) is 2.55. The molecule has 134 valence electrons. The minimum atomic E-state index is -0.213. The third kappa shape index (κ3) is 5.41. The highest BCUT2D eigenvalue weighted by Gasteiger charge is 2.06. The Balaban J connectivity index is 1.57. The summed E-state index contributed by atoms with van der Waals surface area (Å²) in [6.45, 7) is 1.94. The monoisotopic (exact) mass is 356 g/mol. The second-order valence-electron chi connectivity index (χ2n) is 6.13. The summed E-state index contributed by atoms with van der Waals surface area (Å²) in [6, 6.07) is 24.0. The Hall–Kier alpha value is -3.66. The number of carbonyl (C=O) groups is 2. The Kier molecular flexibility index (Phi) is 5.80. The van der Waals surface area contributed by atoms with Gasteiger partial charge >= 0.3 is 0 Å².